The lowest BCUT2D eigenvalue weighted by molar-refractivity contribution is -0.119. The normalized spacial score (nSPS) is 11.1. The van der Waals surface area contributed by atoms with Gasteiger partial charge in [0.1, 0.15) is 11.5 Å². The highest BCUT2D eigenvalue weighted by molar-refractivity contribution is 5.99. The molecule has 0 atom stereocenters. The van der Waals surface area contributed by atoms with Crippen LogP contribution in [-0.4, -0.2) is 21.6 Å². The maximum atomic E-state index is 13.9. The minimum absolute atomic E-state index is 0.0134. The molecule has 0 saturated carbocycles. The number of carbonyl (C=O) groups excluding carboxylic acids is 1. The minimum atomic E-state index is -1.12. The topological polar surface area (TPSA) is 71.3 Å². The molecule has 0 fully saturated rings. The second-order valence-corrected chi connectivity index (χ2v) is 6.93. The van der Waals surface area contributed by atoms with Crippen molar-refractivity contribution >= 4 is 33.6 Å². The molecule has 1 amide bonds. The number of nitrogens with one attached hydrogen (secondary N) is 1. The Labute approximate surface area is 166 Å². The van der Waals surface area contributed by atoms with Gasteiger partial charge < -0.3 is 15.0 Å². The fourth-order valence-corrected chi connectivity index (χ4v) is 3.80. The van der Waals surface area contributed by atoms with Crippen molar-refractivity contribution in [3.8, 4) is 0 Å². The highest BCUT2D eigenvalue weighted by Gasteiger charge is 2.23. The van der Waals surface area contributed by atoms with Gasteiger partial charge in [-0.3, -0.25) is 4.79 Å². The number of carboxylic acid groups (broad SMARTS) is 1. The van der Waals surface area contributed by atoms with Crippen molar-refractivity contribution in [2.24, 2.45) is 0 Å². The SMILES string of the molecule is CC(=O)NCc1c(C(=O)O)n(Cc2cccc3ccccc23)c2ccc(F)cc12. The molecule has 4 rings (SSSR count). The molecule has 0 bridgehead atoms. The van der Waals surface area contributed by atoms with E-state index in [9.17, 15) is 19.1 Å². The molecule has 0 aliphatic rings. The molecule has 0 unspecified atom stereocenters. The van der Waals surface area contributed by atoms with Gasteiger partial charge in [-0.25, -0.2) is 9.18 Å². The Hall–Kier alpha value is -3.67. The molecular formula is C23H19FN2O3. The second kappa shape index (κ2) is 7.39. The number of rotatable bonds is 5. The third-order valence-corrected chi connectivity index (χ3v) is 5.06. The number of carbonyl (C=O) groups is 2. The fourth-order valence-electron chi connectivity index (χ4n) is 3.80. The summed E-state index contributed by atoms with van der Waals surface area (Å²) in [6.07, 6.45) is 0. The molecule has 0 radical (unpaired) electrons. The molecule has 3 aromatic carbocycles. The van der Waals surface area contributed by atoms with E-state index in [0.29, 0.717) is 23.0 Å². The van der Waals surface area contributed by atoms with Crippen LogP contribution in [0, 0.1) is 5.82 Å². The number of aromatic nitrogens is 1. The van der Waals surface area contributed by atoms with E-state index in [1.165, 1.54) is 19.1 Å². The Bertz CT molecular complexity index is 1250. The predicted molar refractivity (Wildman–Crippen MR) is 109 cm³/mol. The molecule has 0 aliphatic heterocycles. The largest absolute Gasteiger partial charge is 0.477 e. The Morgan fingerprint density at radius 1 is 1.03 bits per heavy atom. The summed E-state index contributed by atoms with van der Waals surface area (Å²) in [4.78, 5) is 23.6. The molecule has 146 valence electrons. The molecule has 2 N–H and O–H groups in total. The number of carboxylic acids is 1. The van der Waals surface area contributed by atoms with Crippen LogP contribution in [0.2, 0.25) is 0 Å². The van der Waals surface area contributed by atoms with Crippen LogP contribution in [0.1, 0.15) is 28.5 Å². The fraction of sp³-hybridized carbons (Fsp3) is 0.130. The third kappa shape index (κ3) is 3.45. The van der Waals surface area contributed by atoms with Crippen LogP contribution in [-0.2, 0) is 17.9 Å². The van der Waals surface area contributed by atoms with Gasteiger partial charge in [-0.1, -0.05) is 42.5 Å². The lowest BCUT2D eigenvalue weighted by Crippen LogP contribution is -2.21. The molecule has 5 nitrogen and oxygen atoms in total. The number of halogens is 1. The predicted octanol–water partition coefficient (Wildman–Crippen LogP) is 4.32. The number of hydrogen-bond donors (Lipinski definition) is 2. The van der Waals surface area contributed by atoms with Crippen molar-refractivity contribution in [3.63, 3.8) is 0 Å². The first-order valence-corrected chi connectivity index (χ1v) is 9.20. The molecular weight excluding hydrogens is 371 g/mol. The maximum Gasteiger partial charge on any atom is 0.352 e. The highest BCUT2D eigenvalue weighted by Crippen LogP contribution is 2.30. The first kappa shape index (κ1) is 18.7. The number of aromatic carboxylic acids is 1. The third-order valence-electron chi connectivity index (χ3n) is 5.06. The van der Waals surface area contributed by atoms with Gasteiger partial charge >= 0.3 is 5.97 Å². The smallest absolute Gasteiger partial charge is 0.352 e. The van der Waals surface area contributed by atoms with Crippen LogP contribution in [0.3, 0.4) is 0 Å². The average Bonchev–Trinajstić information content (AvgIpc) is 2.99. The van der Waals surface area contributed by atoms with Crippen LogP contribution >= 0.6 is 0 Å². The van der Waals surface area contributed by atoms with Crippen LogP contribution in [0.15, 0.2) is 60.7 Å². The van der Waals surface area contributed by atoms with Crippen molar-refractivity contribution in [1.82, 2.24) is 9.88 Å². The summed E-state index contributed by atoms with van der Waals surface area (Å²) in [6, 6.07) is 18.0. The van der Waals surface area contributed by atoms with E-state index in [0.717, 1.165) is 16.3 Å². The zero-order chi connectivity index (χ0) is 20.5. The number of fused-ring (bicyclic) bond motifs is 2. The van der Waals surface area contributed by atoms with Crippen molar-refractivity contribution in [2.75, 3.05) is 0 Å². The van der Waals surface area contributed by atoms with Crippen molar-refractivity contribution < 1.29 is 19.1 Å². The number of hydrogen-bond acceptors (Lipinski definition) is 2. The van der Waals surface area contributed by atoms with E-state index < -0.39 is 11.8 Å². The molecule has 0 aliphatic carbocycles. The van der Waals surface area contributed by atoms with Gasteiger partial charge in [-0.2, -0.15) is 0 Å². The van der Waals surface area contributed by atoms with E-state index in [1.54, 1.807) is 10.6 Å². The summed E-state index contributed by atoms with van der Waals surface area (Å²) in [7, 11) is 0. The van der Waals surface area contributed by atoms with E-state index in [1.807, 2.05) is 42.5 Å². The maximum absolute atomic E-state index is 13.9. The number of benzene rings is 3. The molecule has 6 heteroatoms. The Morgan fingerprint density at radius 3 is 2.55 bits per heavy atom. The summed E-state index contributed by atoms with van der Waals surface area (Å²) in [6.45, 7) is 1.68. The Morgan fingerprint density at radius 2 is 1.79 bits per heavy atom. The molecule has 1 heterocycles. The monoisotopic (exact) mass is 390 g/mol. The van der Waals surface area contributed by atoms with Crippen LogP contribution in [0.4, 0.5) is 4.39 Å². The lowest BCUT2D eigenvalue weighted by atomic mass is 10.0. The molecule has 0 saturated heterocycles. The van der Waals surface area contributed by atoms with Crippen LogP contribution in [0.25, 0.3) is 21.7 Å². The van der Waals surface area contributed by atoms with Gasteiger partial charge in [0.05, 0.1) is 0 Å². The van der Waals surface area contributed by atoms with E-state index in [2.05, 4.69) is 5.32 Å². The Kier molecular flexibility index (Phi) is 4.76. The summed E-state index contributed by atoms with van der Waals surface area (Å²) in [5.74, 6) is -1.87. The molecule has 4 aromatic rings. The first-order valence-electron chi connectivity index (χ1n) is 9.20. The van der Waals surface area contributed by atoms with Gasteiger partial charge in [-0.05, 0) is 34.5 Å². The van der Waals surface area contributed by atoms with Crippen molar-refractivity contribution in [3.05, 3.63) is 83.3 Å². The van der Waals surface area contributed by atoms with Gasteiger partial charge in [0.15, 0.2) is 0 Å². The quantitative estimate of drug-likeness (QED) is 0.533. The second-order valence-electron chi connectivity index (χ2n) is 6.93. The summed E-state index contributed by atoms with van der Waals surface area (Å²) >= 11 is 0. The zero-order valence-corrected chi connectivity index (χ0v) is 15.8. The van der Waals surface area contributed by atoms with Gasteiger partial charge in [-0.15, -0.1) is 0 Å². The van der Waals surface area contributed by atoms with Gasteiger partial charge in [0, 0.05) is 36.5 Å². The van der Waals surface area contributed by atoms with E-state index in [4.69, 9.17) is 0 Å². The highest BCUT2D eigenvalue weighted by atomic mass is 19.1. The van der Waals surface area contributed by atoms with Gasteiger partial charge in [0.25, 0.3) is 0 Å². The molecule has 29 heavy (non-hydrogen) atoms. The van der Waals surface area contributed by atoms with E-state index in [-0.39, 0.29) is 18.1 Å². The minimum Gasteiger partial charge on any atom is -0.477 e. The van der Waals surface area contributed by atoms with Crippen molar-refractivity contribution in [1.29, 1.82) is 0 Å². The van der Waals surface area contributed by atoms with E-state index >= 15 is 0 Å². The average molecular weight is 390 g/mol. The number of nitrogens with zero attached hydrogens (tertiary/aromatic N) is 1. The molecule has 1 aromatic heterocycles. The summed E-state index contributed by atoms with van der Waals surface area (Å²) < 4.78 is 15.6. The van der Waals surface area contributed by atoms with Crippen LogP contribution < -0.4 is 5.32 Å². The Balaban J connectivity index is 1.94. The zero-order valence-electron chi connectivity index (χ0n) is 15.8. The van der Waals surface area contributed by atoms with Gasteiger partial charge in [0.2, 0.25) is 5.91 Å². The summed E-state index contributed by atoms with van der Waals surface area (Å²) in [5, 5.41) is 15.2. The summed E-state index contributed by atoms with van der Waals surface area (Å²) in [5.41, 5.74) is 2.00. The first-order chi connectivity index (χ1) is 14.0. The lowest BCUT2D eigenvalue weighted by Gasteiger charge is -2.12. The van der Waals surface area contributed by atoms with Crippen LogP contribution in [0.5, 0.6) is 0 Å². The molecule has 0 spiro atoms. The van der Waals surface area contributed by atoms with Crippen molar-refractivity contribution in [2.45, 2.75) is 20.0 Å². The number of amides is 1. The standard InChI is InChI=1S/C23H19FN2O3/c1-14(27)25-12-20-19-11-17(24)9-10-21(19)26(22(20)23(28)29)13-16-7-4-6-15-5-2-3-8-18(15)16/h2-11H,12-13H2,1H3,(H,25,27)(H,28,29).